The van der Waals surface area contributed by atoms with Gasteiger partial charge >= 0.3 is 0 Å². The van der Waals surface area contributed by atoms with Gasteiger partial charge in [0.2, 0.25) is 0 Å². The van der Waals surface area contributed by atoms with Crippen LogP contribution in [0.3, 0.4) is 0 Å². The Kier molecular flexibility index (Phi) is 4.08. The summed E-state index contributed by atoms with van der Waals surface area (Å²) >= 11 is 0. The molecule has 0 radical (unpaired) electrons. The van der Waals surface area contributed by atoms with Crippen LogP contribution >= 0.6 is 0 Å². The lowest BCUT2D eigenvalue weighted by Crippen LogP contribution is -2.11. The zero-order valence-electron chi connectivity index (χ0n) is 8.83. The molecular formula is C12H18FN. The van der Waals surface area contributed by atoms with Gasteiger partial charge in [0.25, 0.3) is 0 Å². The summed E-state index contributed by atoms with van der Waals surface area (Å²) in [5.74, 6) is 0.442. The van der Waals surface area contributed by atoms with Crippen LogP contribution in [0, 0.1) is 11.7 Å². The second-order valence-electron chi connectivity index (χ2n) is 4.13. The van der Waals surface area contributed by atoms with Gasteiger partial charge in [-0.2, -0.15) is 0 Å². The van der Waals surface area contributed by atoms with Crippen LogP contribution in [0.4, 0.5) is 4.39 Å². The summed E-state index contributed by atoms with van der Waals surface area (Å²) < 4.78 is 12.9. The smallest absolute Gasteiger partial charge is 0.123 e. The molecule has 0 fully saturated rings. The van der Waals surface area contributed by atoms with Crippen molar-refractivity contribution < 1.29 is 4.39 Å². The second kappa shape index (κ2) is 5.11. The fourth-order valence-corrected chi connectivity index (χ4v) is 1.42. The van der Waals surface area contributed by atoms with E-state index >= 15 is 0 Å². The molecule has 0 amide bonds. The van der Waals surface area contributed by atoms with Crippen LogP contribution in [0.15, 0.2) is 24.3 Å². The Balaban J connectivity index is 2.56. The lowest BCUT2D eigenvalue weighted by molar-refractivity contribution is 0.505. The molecule has 14 heavy (non-hydrogen) atoms. The van der Waals surface area contributed by atoms with Crippen molar-refractivity contribution in [2.24, 2.45) is 11.7 Å². The minimum absolute atomic E-state index is 0.0342. The number of hydrogen-bond donors (Lipinski definition) is 1. The summed E-state index contributed by atoms with van der Waals surface area (Å²) in [6, 6.07) is 6.52. The molecule has 2 N–H and O–H groups in total. The number of benzene rings is 1. The van der Waals surface area contributed by atoms with Crippen LogP contribution in [0.5, 0.6) is 0 Å². The van der Waals surface area contributed by atoms with E-state index in [2.05, 4.69) is 13.8 Å². The molecule has 1 rings (SSSR count). The monoisotopic (exact) mass is 195 g/mol. The average molecular weight is 195 g/mol. The molecule has 1 aromatic carbocycles. The van der Waals surface area contributed by atoms with Gasteiger partial charge in [0, 0.05) is 6.04 Å². The van der Waals surface area contributed by atoms with Crippen LogP contribution in [0.1, 0.15) is 38.3 Å². The summed E-state index contributed by atoms with van der Waals surface area (Å²) in [5, 5.41) is 0. The Morgan fingerprint density at radius 3 is 2.57 bits per heavy atom. The summed E-state index contributed by atoms with van der Waals surface area (Å²) in [5.41, 5.74) is 6.84. The van der Waals surface area contributed by atoms with Crippen LogP contribution in [0.2, 0.25) is 0 Å². The van der Waals surface area contributed by atoms with E-state index in [1.165, 1.54) is 12.1 Å². The Morgan fingerprint density at radius 2 is 2.00 bits per heavy atom. The van der Waals surface area contributed by atoms with Crippen LogP contribution < -0.4 is 5.73 Å². The molecule has 0 saturated carbocycles. The van der Waals surface area contributed by atoms with Gasteiger partial charge < -0.3 is 5.73 Å². The molecule has 78 valence electrons. The highest BCUT2D eigenvalue weighted by Gasteiger charge is 2.07. The molecule has 1 aromatic rings. The van der Waals surface area contributed by atoms with Crippen LogP contribution in [0.25, 0.3) is 0 Å². The van der Waals surface area contributed by atoms with E-state index in [9.17, 15) is 4.39 Å². The average Bonchev–Trinajstić information content (AvgIpc) is 2.14. The molecule has 1 nitrogen and oxygen atoms in total. The molecule has 1 atom stereocenters. The largest absolute Gasteiger partial charge is 0.324 e. The van der Waals surface area contributed by atoms with Crippen molar-refractivity contribution in [2.75, 3.05) is 0 Å². The number of hydrogen-bond acceptors (Lipinski definition) is 1. The second-order valence-corrected chi connectivity index (χ2v) is 4.13. The fraction of sp³-hybridized carbons (Fsp3) is 0.500. The van der Waals surface area contributed by atoms with Gasteiger partial charge in [-0.15, -0.1) is 0 Å². The van der Waals surface area contributed by atoms with E-state index < -0.39 is 0 Å². The highest BCUT2D eigenvalue weighted by atomic mass is 19.1. The highest BCUT2D eigenvalue weighted by Crippen LogP contribution is 2.18. The Bertz CT molecular complexity index is 283. The van der Waals surface area contributed by atoms with Gasteiger partial charge in [-0.3, -0.25) is 0 Å². The van der Waals surface area contributed by atoms with Crippen molar-refractivity contribution in [1.29, 1.82) is 0 Å². The minimum atomic E-state index is -0.206. The molecule has 2 heteroatoms. The van der Waals surface area contributed by atoms with E-state index in [0.29, 0.717) is 5.92 Å². The first-order chi connectivity index (χ1) is 6.59. The Hall–Kier alpha value is -0.890. The van der Waals surface area contributed by atoms with Crippen molar-refractivity contribution in [2.45, 2.75) is 32.7 Å². The Morgan fingerprint density at radius 1 is 1.29 bits per heavy atom. The minimum Gasteiger partial charge on any atom is -0.324 e. The zero-order valence-corrected chi connectivity index (χ0v) is 8.83. The molecule has 0 spiro atoms. The standard InChI is InChI=1S/C12H18FN/c1-9(2)6-7-12(14)10-4-3-5-11(13)8-10/h3-5,8-9,12H,6-7,14H2,1-2H3. The van der Waals surface area contributed by atoms with Gasteiger partial charge in [-0.25, -0.2) is 4.39 Å². The maximum atomic E-state index is 12.9. The molecule has 0 aliphatic carbocycles. The predicted molar refractivity (Wildman–Crippen MR) is 57.4 cm³/mol. The lowest BCUT2D eigenvalue weighted by Gasteiger charge is -2.13. The maximum Gasteiger partial charge on any atom is 0.123 e. The van der Waals surface area contributed by atoms with Crippen molar-refractivity contribution in [3.63, 3.8) is 0 Å². The van der Waals surface area contributed by atoms with E-state index in [1.807, 2.05) is 6.07 Å². The number of nitrogens with two attached hydrogens (primary N) is 1. The maximum absolute atomic E-state index is 12.9. The third-order valence-electron chi connectivity index (χ3n) is 2.33. The molecule has 0 heterocycles. The van der Waals surface area contributed by atoms with Crippen molar-refractivity contribution in [1.82, 2.24) is 0 Å². The third-order valence-corrected chi connectivity index (χ3v) is 2.33. The number of rotatable bonds is 4. The predicted octanol–water partition coefficient (Wildman–Crippen LogP) is 3.26. The van der Waals surface area contributed by atoms with E-state index in [-0.39, 0.29) is 11.9 Å². The fourth-order valence-electron chi connectivity index (χ4n) is 1.42. The first-order valence-corrected chi connectivity index (χ1v) is 5.10. The summed E-state index contributed by atoms with van der Waals surface area (Å²) in [7, 11) is 0. The topological polar surface area (TPSA) is 26.0 Å². The first-order valence-electron chi connectivity index (χ1n) is 5.10. The molecule has 0 aliphatic heterocycles. The first kappa shape index (κ1) is 11.2. The molecule has 0 bridgehead atoms. The molecular weight excluding hydrogens is 177 g/mol. The van der Waals surface area contributed by atoms with Gasteiger partial charge in [0.05, 0.1) is 0 Å². The van der Waals surface area contributed by atoms with Gasteiger partial charge in [0.1, 0.15) is 5.82 Å². The van der Waals surface area contributed by atoms with Crippen LogP contribution in [-0.2, 0) is 0 Å². The zero-order chi connectivity index (χ0) is 10.6. The highest BCUT2D eigenvalue weighted by molar-refractivity contribution is 5.19. The van der Waals surface area contributed by atoms with Crippen molar-refractivity contribution in [3.8, 4) is 0 Å². The quantitative estimate of drug-likeness (QED) is 0.784. The van der Waals surface area contributed by atoms with Crippen LogP contribution in [-0.4, -0.2) is 0 Å². The lowest BCUT2D eigenvalue weighted by atomic mass is 9.98. The summed E-state index contributed by atoms with van der Waals surface area (Å²) in [6.07, 6.45) is 2.00. The molecule has 1 unspecified atom stereocenters. The third kappa shape index (κ3) is 3.46. The molecule has 0 aliphatic rings. The normalized spacial score (nSPS) is 13.2. The van der Waals surface area contributed by atoms with Gasteiger partial charge in [-0.1, -0.05) is 26.0 Å². The van der Waals surface area contributed by atoms with Gasteiger partial charge in [0.15, 0.2) is 0 Å². The van der Waals surface area contributed by atoms with E-state index in [0.717, 1.165) is 18.4 Å². The number of halogens is 1. The van der Waals surface area contributed by atoms with Crippen molar-refractivity contribution >= 4 is 0 Å². The summed E-state index contributed by atoms with van der Waals surface area (Å²) in [6.45, 7) is 4.33. The SMILES string of the molecule is CC(C)CCC(N)c1cccc(F)c1. The summed E-state index contributed by atoms with van der Waals surface area (Å²) in [4.78, 5) is 0. The molecule has 0 aromatic heterocycles. The molecule has 0 saturated heterocycles. The van der Waals surface area contributed by atoms with E-state index in [1.54, 1.807) is 6.07 Å². The van der Waals surface area contributed by atoms with Gasteiger partial charge in [-0.05, 0) is 36.5 Å². The van der Waals surface area contributed by atoms with Crippen molar-refractivity contribution in [3.05, 3.63) is 35.6 Å². The van der Waals surface area contributed by atoms with E-state index in [4.69, 9.17) is 5.73 Å². The Labute approximate surface area is 85.1 Å².